The van der Waals surface area contributed by atoms with Crippen LogP contribution < -0.4 is 10.2 Å². The Hall–Kier alpha value is -3.74. The van der Waals surface area contributed by atoms with Gasteiger partial charge in [0, 0.05) is 45.8 Å². The number of thiophene rings is 1. The monoisotopic (exact) mass is 551 g/mol. The fourth-order valence-corrected chi connectivity index (χ4v) is 5.37. The second-order valence-corrected chi connectivity index (χ2v) is 11.6. The number of carbonyl (C=O) groups is 2. The number of hydrogen-bond donors (Lipinski definition) is 2. The maximum atomic E-state index is 13.2. The van der Waals surface area contributed by atoms with E-state index in [9.17, 15) is 14.7 Å². The number of likely N-dealkylation sites (N-methyl/N-ethyl adjacent to an activating group) is 1. The number of nitrogens with one attached hydrogen (secondary N) is 1. The van der Waals surface area contributed by atoms with Gasteiger partial charge in [-0.1, -0.05) is 0 Å². The number of aryl methyl sites for hydroxylation is 1. The minimum atomic E-state index is -1.06. The molecular formula is C27H33N7O4S. The summed E-state index contributed by atoms with van der Waals surface area (Å²) in [5.74, 6) is 1.15. The lowest BCUT2D eigenvalue weighted by molar-refractivity contribution is 0.0630. The average Bonchev–Trinajstić information content (AvgIpc) is 3.62. The summed E-state index contributed by atoms with van der Waals surface area (Å²) in [6, 6.07) is 9.03. The Labute approximate surface area is 230 Å². The van der Waals surface area contributed by atoms with Crippen LogP contribution in [0.3, 0.4) is 0 Å². The molecule has 0 unspecified atom stereocenters. The number of carbonyl (C=O) groups excluding carboxylic acids is 2. The molecule has 0 radical (unpaired) electrons. The van der Waals surface area contributed by atoms with Gasteiger partial charge < -0.3 is 23.9 Å². The number of imidazole rings is 1. The normalized spacial score (nSPS) is 14.7. The van der Waals surface area contributed by atoms with Gasteiger partial charge in [0.2, 0.25) is 5.95 Å². The third kappa shape index (κ3) is 5.82. The van der Waals surface area contributed by atoms with Gasteiger partial charge in [-0.3, -0.25) is 15.0 Å². The molecule has 0 aliphatic carbocycles. The number of aliphatic hydroxyl groups is 1. The topological polar surface area (TPSA) is 120 Å². The molecule has 0 spiro atoms. The van der Waals surface area contributed by atoms with E-state index in [4.69, 9.17) is 9.40 Å². The highest BCUT2D eigenvalue weighted by molar-refractivity contribution is 7.17. The molecule has 1 aromatic carbocycles. The van der Waals surface area contributed by atoms with E-state index in [-0.39, 0.29) is 18.5 Å². The Kier molecular flexibility index (Phi) is 7.19. The molecule has 12 heteroatoms. The highest BCUT2D eigenvalue weighted by atomic mass is 32.1. The molecule has 2 N–H and O–H groups in total. The Balaban J connectivity index is 1.41. The minimum absolute atomic E-state index is 0.0673. The quantitative estimate of drug-likeness (QED) is 0.373. The van der Waals surface area contributed by atoms with Crippen LogP contribution in [0, 0.1) is 6.92 Å². The Bertz CT molecular complexity index is 1510. The Morgan fingerprint density at radius 3 is 2.59 bits per heavy atom. The molecule has 0 saturated carbocycles. The van der Waals surface area contributed by atoms with E-state index in [1.54, 1.807) is 49.5 Å². The van der Waals surface area contributed by atoms with Crippen molar-refractivity contribution in [3.63, 3.8) is 0 Å². The summed E-state index contributed by atoms with van der Waals surface area (Å²) in [5.41, 5.74) is 0.984. The van der Waals surface area contributed by atoms with E-state index >= 15 is 0 Å². The van der Waals surface area contributed by atoms with Gasteiger partial charge in [-0.05, 0) is 51.2 Å². The molecule has 0 atom stereocenters. The standard InChI is InChI=1S/C27H33N7O4S/c1-17-28-15-21(38-17)22-8-9-23(39-22)24(35)30-25-29-19-14-18(6-7-20(19)34(25)16-27(2,3)37)32(5)26(36)33-12-10-31(4)11-13-33/h6-9,14-15,37H,10-13,16H2,1-5H3,(H,29,30,35). The molecule has 5 rings (SSSR count). The zero-order valence-corrected chi connectivity index (χ0v) is 23.6. The van der Waals surface area contributed by atoms with Gasteiger partial charge in [-0.2, -0.15) is 0 Å². The number of amides is 3. The number of nitrogens with zero attached hydrogens (tertiary/aromatic N) is 6. The summed E-state index contributed by atoms with van der Waals surface area (Å²) in [6.07, 6.45) is 1.63. The van der Waals surface area contributed by atoms with Crippen LogP contribution in [0.5, 0.6) is 0 Å². The fraction of sp³-hybridized carbons (Fsp3) is 0.407. The van der Waals surface area contributed by atoms with Crippen LogP contribution in [0.2, 0.25) is 0 Å². The SMILES string of the molecule is Cc1ncc(-c2ccc(C(=O)Nc3nc4cc(N(C)C(=O)N5CCN(C)CC5)ccc4n3CC(C)(C)O)s2)o1. The molecule has 11 nitrogen and oxygen atoms in total. The first-order valence-electron chi connectivity index (χ1n) is 12.8. The number of anilines is 2. The molecule has 206 valence electrons. The van der Waals surface area contributed by atoms with Gasteiger partial charge in [0.1, 0.15) is 0 Å². The van der Waals surface area contributed by atoms with Crippen LogP contribution in [-0.4, -0.2) is 87.3 Å². The fourth-order valence-electron chi connectivity index (χ4n) is 4.52. The first-order valence-corrected chi connectivity index (χ1v) is 13.6. The number of rotatable bonds is 6. The molecule has 39 heavy (non-hydrogen) atoms. The van der Waals surface area contributed by atoms with Crippen molar-refractivity contribution in [2.24, 2.45) is 0 Å². The van der Waals surface area contributed by atoms with E-state index in [1.807, 2.05) is 29.2 Å². The Morgan fingerprint density at radius 2 is 1.92 bits per heavy atom. The second-order valence-electron chi connectivity index (χ2n) is 10.5. The van der Waals surface area contributed by atoms with Crippen LogP contribution in [0.25, 0.3) is 21.7 Å². The van der Waals surface area contributed by atoms with Gasteiger partial charge in [-0.15, -0.1) is 11.3 Å². The van der Waals surface area contributed by atoms with Crippen molar-refractivity contribution in [3.8, 4) is 10.6 Å². The van der Waals surface area contributed by atoms with Gasteiger partial charge >= 0.3 is 6.03 Å². The third-order valence-corrected chi connectivity index (χ3v) is 7.74. The number of piperazine rings is 1. The number of fused-ring (bicyclic) bond motifs is 1. The minimum Gasteiger partial charge on any atom is -0.440 e. The highest BCUT2D eigenvalue weighted by Gasteiger charge is 2.25. The molecule has 1 fully saturated rings. The zero-order chi connectivity index (χ0) is 27.9. The number of benzene rings is 1. The van der Waals surface area contributed by atoms with Crippen molar-refractivity contribution in [2.45, 2.75) is 32.9 Å². The smallest absolute Gasteiger partial charge is 0.324 e. The van der Waals surface area contributed by atoms with Crippen LogP contribution in [0.1, 0.15) is 29.4 Å². The number of oxazole rings is 1. The molecule has 3 aromatic heterocycles. The highest BCUT2D eigenvalue weighted by Crippen LogP contribution is 2.31. The molecule has 4 aromatic rings. The van der Waals surface area contributed by atoms with Crippen LogP contribution in [-0.2, 0) is 6.54 Å². The van der Waals surface area contributed by atoms with E-state index in [1.165, 1.54) is 11.3 Å². The molecule has 1 aliphatic rings. The summed E-state index contributed by atoms with van der Waals surface area (Å²) in [6.45, 7) is 8.42. The summed E-state index contributed by atoms with van der Waals surface area (Å²) in [7, 11) is 3.80. The predicted molar refractivity (Wildman–Crippen MR) is 151 cm³/mol. The molecule has 0 bridgehead atoms. The number of urea groups is 1. The molecule has 1 aliphatic heterocycles. The first kappa shape index (κ1) is 26.9. The van der Waals surface area contributed by atoms with Gasteiger partial charge in [0.25, 0.3) is 5.91 Å². The first-order chi connectivity index (χ1) is 18.5. The molecular weight excluding hydrogens is 518 g/mol. The number of aromatic nitrogens is 3. The summed E-state index contributed by atoms with van der Waals surface area (Å²) < 4.78 is 7.36. The maximum absolute atomic E-state index is 13.2. The molecule has 1 saturated heterocycles. The van der Waals surface area contributed by atoms with Crippen molar-refractivity contribution < 1.29 is 19.1 Å². The lowest BCUT2D eigenvalue weighted by atomic mass is 10.1. The molecule has 3 amide bonds. The average molecular weight is 552 g/mol. The van der Waals surface area contributed by atoms with Crippen LogP contribution in [0.4, 0.5) is 16.4 Å². The van der Waals surface area contributed by atoms with E-state index < -0.39 is 5.60 Å². The molecule has 4 heterocycles. The van der Waals surface area contributed by atoms with E-state index in [0.717, 1.165) is 23.5 Å². The van der Waals surface area contributed by atoms with Crippen LogP contribution >= 0.6 is 11.3 Å². The lowest BCUT2D eigenvalue weighted by Crippen LogP contribution is -2.51. The van der Waals surface area contributed by atoms with E-state index in [0.29, 0.717) is 46.8 Å². The predicted octanol–water partition coefficient (Wildman–Crippen LogP) is 3.89. The maximum Gasteiger partial charge on any atom is 0.324 e. The van der Waals surface area contributed by atoms with E-state index in [2.05, 4.69) is 22.2 Å². The largest absolute Gasteiger partial charge is 0.440 e. The third-order valence-electron chi connectivity index (χ3n) is 6.64. The van der Waals surface area contributed by atoms with Crippen molar-refractivity contribution in [1.29, 1.82) is 0 Å². The summed E-state index contributed by atoms with van der Waals surface area (Å²) in [4.78, 5) is 42.1. The second kappa shape index (κ2) is 10.4. The van der Waals surface area contributed by atoms with Gasteiger partial charge in [0.15, 0.2) is 11.7 Å². The Morgan fingerprint density at radius 1 is 1.18 bits per heavy atom. The van der Waals surface area contributed by atoms with Crippen molar-refractivity contribution >= 4 is 45.9 Å². The van der Waals surface area contributed by atoms with Gasteiger partial charge in [0.05, 0.1) is 39.1 Å². The number of hydrogen-bond acceptors (Lipinski definition) is 8. The van der Waals surface area contributed by atoms with Crippen molar-refractivity contribution in [1.82, 2.24) is 24.3 Å². The van der Waals surface area contributed by atoms with Crippen molar-refractivity contribution in [2.75, 3.05) is 50.5 Å². The summed E-state index contributed by atoms with van der Waals surface area (Å²) in [5, 5.41) is 13.5. The van der Waals surface area contributed by atoms with Crippen molar-refractivity contribution in [3.05, 3.63) is 47.3 Å². The zero-order valence-electron chi connectivity index (χ0n) is 22.8. The summed E-state index contributed by atoms with van der Waals surface area (Å²) >= 11 is 1.29. The lowest BCUT2D eigenvalue weighted by Gasteiger charge is -2.35. The van der Waals surface area contributed by atoms with Crippen LogP contribution in [0.15, 0.2) is 40.9 Å². The van der Waals surface area contributed by atoms with Gasteiger partial charge in [-0.25, -0.2) is 14.8 Å².